The van der Waals surface area contributed by atoms with Crippen molar-refractivity contribution in [1.29, 1.82) is 0 Å². The van der Waals surface area contributed by atoms with Gasteiger partial charge in [-0.1, -0.05) is 60.7 Å². The molecule has 4 heteroatoms. The predicted molar refractivity (Wildman–Crippen MR) is 93.4 cm³/mol. The van der Waals surface area contributed by atoms with Crippen LogP contribution in [-0.2, 0) is 32.6 Å². The molecule has 2 aromatic rings. The van der Waals surface area contributed by atoms with Gasteiger partial charge in [0.1, 0.15) is 0 Å². The van der Waals surface area contributed by atoms with Gasteiger partial charge in [-0.15, -0.1) is 6.42 Å². The second kappa shape index (κ2) is 11.3. The zero-order valence-corrected chi connectivity index (χ0v) is 18.9. The van der Waals surface area contributed by atoms with Crippen LogP contribution in [-0.4, -0.2) is 8.80 Å². The summed E-state index contributed by atoms with van der Waals surface area (Å²) in [5, 5.41) is 1.61. The zero-order valence-electron chi connectivity index (χ0n) is 13.9. The Morgan fingerprint density at radius 2 is 1.62 bits per heavy atom. The quantitative estimate of drug-likeness (QED) is 0.314. The zero-order chi connectivity index (χ0) is 14.7. The van der Waals surface area contributed by atoms with Crippen molar-refractivity contribution < 1.29 is 51.0 Å². The molecule has 0 heterocycles. The van der Waals surface area contributed by atoms with E-state index in [-0.39, 0.29) is 59.8 Å². The average molecular weight is 451 g/mol. The molecule has 2 aliphatic rings. The number of rotatable bonds is 1. The van der Waals surface area contributed by atoms with Gasteiger partial charge in [-0.25, -0.2) is 12.2 Å². The first-order valence-corrected chi connectivity index (χ1v) is 10.00. The number of benzene rings is 2. The summed E-state index contributed by atoms with van der Waals surface area (Å²) < 4.78 is 0. The van der Waals surface area contributed by atoms with Gasteiger partial charge in [0.05, 0.1) is 8.80 Å². The Labute approximate surface area is 179 Å². The number of hydrogen-bond acceptors (Lipinski definition) is 0. The maximum Gasteiger partial charge on any atom is 3.00 e. The summed E-state index contributed by atoms with van der Waals surface area (Å²) in [6, 6.07) is 15.6. The van der Waals surface area contributed by atoms with Gasteiger partial charge >= 0.3 is 26.2 Å². The fraction of sp³-hybridized carbons (Fsp3) is 0.200. The third-order valence-corrected chi connectivity index (χ3v) is 5.52. The van der Waals surface area contributed by atoms with Crippen LogP contribution in [0.15, 0.2) is 60.7 Å². The molecule has 0 bridgehead atoms. The fourth-order valence-electron chi connectivity index (χ4n) is 2.97. The molecule has 0 amide bonds. The Morgan fingerprint density at radius 1 is 0.917 bits per heavy atom. The molecule has 0 saturated carbocycles. The van der Waals surface area contributed by atoms with Crippen LogP contribution in [0.25, 0.3) is 11.1 Å². The molecule has 0 saturated heterocycles. The number of hydrogen-bond donors (Lipinski definition) is 0. The van der Waals surface area contributed by atoms with Crippen molar-refractivity contribution in [3.05, 3.63) is 77.9 Å². The van der Waals surface area contributed by atoms with Crippen LogP contribution in [0, 0.1) is 6.08 Å². The van der Waals surface area contributed by atoms with Crippen LogP contribution in [0.3, 0.4) is 0 Å². The Bertz CT molecular complexity index is 699. The fourth-order valence-corrected chi connectivity index (χ4v) is 4.22. The van der Waals surface area contributed by atoms with E-state index in [4.69, 9.17) is 0 Å². The van der Waals surface area contributed by atoms with Crippen LogP contribution < -0.4 is 30.0 Å². The third-order valence-electron chi connectivity index (χ3n) is 3.98. The van der Waals surface area contributed by atoms with Gasteiger partial charge in [0.25, 0.3) is 0 Å². The van der Waals surface area contributed by atoms with Crippen molar-refractivity contribution in [3.8, 4) is 11.1 Å². The first kappa shape index (κ1) is 23.6. The van der Waals surface area contributed by atoms with Gasteiger partial charge in [0.2, 0.25) is 0 Å². The van der Waals surface area contributed by atoms with E-state index in [9.17, 15) is 0 Å². The number of fused-ring (bicyclic) bond motifs is 3. The SMILES string of the molecule is C[Si](C)c1cccc2c1Cc1ccccc1-2.[C-]1=CC=CC1.[Cl-].[Cl-].[Zr+3]. The predicted octanol–water partition coefficient (Wildman–Crippen LogP) is -1.47. The normalized spacial score (nSPS) is 12.1. The van der Waals surface area contributed by atoms with Gasteiger partial charge < -0.3 is 24.8 Å². The summed E-state index contributed by atoms with van der Waals surface area (Å²) in [6.45, 7) is 4.76. The van der Waals surface area contributed by atoms with Crippen molar-refractivity contribution >= 4 is 14.0 Å². The molecule has 0 atom stereocenters. The molecule has 2 aliphatic carbocycles. The van der Waals surface area contributed by atoms with E-state index < -0.39 is 0 Å². The van der Waals surface area contributed by atoms with Crippen molar-refractivity contribution in [2.45, 2.75) is 25.9 Å². The van der Waals surface area contributed by atoms with Gasteiger partial charge in [0, 0.05) is 0 Å². The van der Waals surface area contributed by atoms with Gasteiger partial charge in [0.15, 0.2) is 0 Å². The smallest absolute Gasteiger partial charge is 1.00 e. The first-order chi connectivity index (χ1) is 10.3. The largest absolute Gasteiger partial charge is 3.00 e. The van der Waals surface area contributed by atoms with Crippen LogP contribution >= 0.6 is 0 Å². The van der Waals surface area contributed by atoms with Crippen molar-refractivity contribution in [2.24, 2.45) is 0 Å². The molecule has 0 N–H and O–H groups in total. The Morgan fingerprint density at radius 3 is 2.21 bits per heavy atom. The van der Waals surface area contributed by atoms with E-state index in [0.29, 0.717) is 0 Å². The van der Waals surface area contributed by atoms with Crippen molar-refractivity contribution in [2.75, 3.05) is 0 Å². The van der Waals surface area contributed by atoms with E-state index in [1.807, 2.05) is 12.2 Å². The topological polar surface area (TPSA) is 0 Å². The molecule has 0 fully saturated rings. The molecular formula is C20H20Cl2SiZr. The molecule has 0 spiro atoms. The molecule has 2 radical (unpaired) electrons. The Kier molecular flexibility index (Phi) is 11.1. The number of allylic oxidation sites excluding steroid dienone is 4. The molecule has 2 aromatic carbocycles. The molecule has 0 nitrogen and oxygen atoms in total. The first-order valence-electron chi connectivity index (χ1n) is 7.50. The summed E-state index contributed by atoms with van der Waals surface area (Å²) in [6.07, 6.45) is 11.1. The monoisotopic (exact) mass is 448 g/mol. The molecular weight excluding hydrogens is 430 g/mol. The van der Waals surface area contributed by atoms with E-state index in [2.05, 4.69) is 67.7 Å². The Balaban J connectivity index is 0.000000578. The van der Waals surface area contributed by atoms with Crippen molar-refractivity contribution in [3.63, 3.8) is 0 Å². The second-order valence-corrected chi connectivity index (χ2v) is 8.21. The van der Waals surface area contributed by atoms with Crippen LogP contribution in [0.2, 0.25) is 13.1 Å². The molecule has 4 rings (SSSR count). The minimum atomic E-state index is -0.353. The van der Waals surface area contributed by atoms with E-state index in [1.54, 1.807) is 10.8 Å². The average Bonchev–Trinajstić information content (AvgIpc) is 3.17. The summed E-state index contributed by atoms with van der Waals surface area (Å²) in [5.41, 5.74) is 6.00. The molecule has 0 unspecified atom stereocenters. The minimum Gasteiger partial charge on any atom is -1.00 e. The maximum atomic E-state index is 2.99. The molecule has 0 aromatic heterocycles. The van der Waals surface area contributed by atoms with E-state index in [1.165, 1.54) is 16.7 Å². The maximum absolute atomic E-state index is 2.99. The second-order valence-electron chi connectivity index (χ2n) is 5.67. The van der Waals surface area contributed by atoms with Crippen molar-refractivity contribution in [1.82, 2.24) is 0 Å². The van der Waals surface area contributed by atoms with Crippen LogP contribution in [0.4, 0.5) is 0 Å². The molecule has 0 aliphatic heterocycles. The summed E-state index contributed by atoms with van der Waals surface area (Å²) in [4.78, 5) is 0. The van der Waals surface area contributed by atoms with E-state index in [0.717, 1.165) is 12.8 Å². The van der Waals surface area contributed by atoms with Gasteiger partial charge in [-0.2, -0.15) is 6.08 Å². The third kappa shape index (κ3) is 5.30. The number of halogens is 2. The summed E-state index contributed by atoms with van der Waals surface area (Å²) in [5.74, 6) is 0. The molecule has 24 heavy (non-hydrogen) atoms. The minimum absolute atomic E-state index is 0. The summed E-state index contributed by atoms with van der Waals surface area (Å²) >= 11 is 0. The van der Waals surface area contributed by atoms with Crippen LogP contribution in [0.5, 0.6) is 0 Å². The van der Waals surface area contributed by atoms with E-state index >= 15 is 0 Å². The van der Waals surface area contributed by atoms with Gasteiger partial charge in [-0.3, -0.25) is 6.08 Å². The Hall–Kier alpha value is -0.400. The van der Waals surface area contributed by atoms with Crippen LogP contribution in [0.1, 0.15) is 17.5 Å². The molecule has 122 valence electrons. The summed E-state index contributed by atoms with van der Waals surface area (Å²) in [7, 11) is -0.353. The standard InChI is InChI=1S/C15H15Si.C5H5.2ClH.Zr/c1-16(2)15-9-5-8-13-12-7-4-3-6-11(12)10-14(13)15;1-2-4-5-3-1;;;/h3-9H,10H2,1-2H3;1-3H,4H2;2*1H;/q;-1;;;+3/p-2. The van der Waals surface area contributed by atoms with Gasteiger partial charge in [-0.05, 0) is 28.7 Å².